The Labute approximate surface area is 105 Å². The average Bonchev–Trinajstić information content (AvgIpc) is 2.70. The van der Waals surface area contributed by atoms with Gasteiger partial charge < -0.3 is 5.11 Å². The molecule has 2 heterocycles. The standard InChI is InChI=1S/C11H10F3N3O2/c12-11(13,14)7-4-5-9-16-15-8(17(9)6-7)2-1-3-10(18)19/h4-6H,1-3H2,(H,18,19). The maximum Gasteiger partial charge on any atom is 0.417 e. The Morgan fingerprint density at radius 1 is 1.32 bits per heavy atom. The summed E-state index contributed by atoms with van der Waals surface area (Å²) < 4.78 is 39.0. The number of aliphatic carboxylic acids is 1. The van der Waals surface area contributed by atoms with Crippen molar-refractivity contribution in [2.24, 2.45) is 0 Å². The Bertz CT molecular complexity index is 607. The number of carboxylic acids is 1. The van der Waals surface area contributed by atoms with Crippen LogP contribution >= 0.6 is 0 Å². The van der Waals surface area contributed by atoms with E-state index in [0.29, 0.717) is 17.9 Å². The van der Waals surface area contributed by atoms with E-state index in [1.54, 1.807) is 0 Å². The van der Waals surface area contributed by atoms with Crippen LogP contribution in [0, 0.1) is 0 Å². The highest BCUT2D eigenvalue weighted by atomic mass is 19.4. The lowest BCUT2D eigenvalue weighted by Gasteiger charge is -2.07. The fourth-order valence-electron chi connectivity index (χ4n) is 1.67. The molecule has 0 fully saturated rings. The van der Waals surface area contributed by atoms with E-state index in [0.717, 1.165) is 12.3 Å². The van der Waals surface area contributed by atoms with Crippen molar-refractivity contribution in [2.45, 2.75) is 25.4 Å². The molecule has 0 atom stereocenters. The lowest BCUT2D eigenvalue weighted by Crippen LogP contribution is -2.07. The second-order valence-corrected chi connectivity index (χ2v) is 4.01. The molecule has 19 heavy (non-hydrogen) atoms. The van der Waals surface area contributed by atoms with E-state index in [1.165, 1.54) is 10.5 Å². The van der Waals surface area contributed by atoms with Crippen molar-refractivity contribution in [3.8, 4) is 0 Å². The zero-order chi connectivity index (χ0) is 14.0. The molecule has 0 saturated carbocycles. The van der Waals surface area contributed by atoms with Gasteiger partial charge in [0.25, 0.3) is 0 Å². The summed E-state index contributed by atoms with van der Waals surface area (Å²) in [6.45, 7) is 0. The molecule has 0 spiro atoms. The SMILES string of the molecule is O=C(O)CCCc1nnc2ccc(C(F)(F)F)cn12. The van der Waals surface area contributed by atoms with Crippen molar-refractivity contribution in [1.82, 2.24) is 14.6 Å². The Balaban J connectivity index is 2.27. The van der Waals surface area contributed by atoms with Crippen molar-refractivity contribution in [3.63, 3.8) is 0 Å². The Kier molecular flexibility index (Phi) is 3.41. The van der Waals surface area contributed by atoms with E-state index in [9.17, 15) is 18.0 Å². The number of aromatic nitrogens is 3. The van der Waals surface area contributed by atoms with E-state index < -0.39 is 17.7 Å². The maximum atomic E-state index is 12.6. The smallest absolute Gasteiger partial charge is 0.417 e. The summed E-state index contributed by atoms with van der Waals surface area (Å²) in [6, 6.07) is 2.17. The predicted molar refractivity (Wildman–Crippen MR) is 58.6 cm³/mol. The van der Waals surface area contributed by atoms with Crippen molar-refractivity contribution >= 4 is 11.6 Å². The van der Waals surface area contributed by atoms with Gasteiger partial charge in [0.2, 0.25) is 0 Å². The van der Waals surface area contributed by atoms with Crippen LogP contribution in [0.3, 0.4) is 0 Å². The Hall–Kier alpha value is -2.12. The molecule has 2 rings (SSSR count). The summed E-state index contributed by atoms with van der Waals surface area (Å²) in [5, 5.41) is 16.0. The van der Waals surface area contributed by atoms with Crippen LogP contribution in [0.15, 0.2) is 18.3 Å². The van der Waals surface area contributed by atoms with Crippen LogP contribution in [0.4, 0.5) is 13.2 Å². The molecule has 0 aliphatic carbocycles. The van der Waals surface area contributed by atoms with Crippen LogP contribution < -0.4 is 0 Å². The lowest BCUT2D eigenvalue weighted by molar-refractivity contribution is -0.138. The zero-order valence-corrected chi connectivity index (χ0v) is 9.68. The van der Waals surface area contributed by atoms with E-state index in [1.807, 2.05) is 0 Å². The first-order valence-electron chi connectivity index (χ1n) is 5.50. The van der Waals surface area contributed by atoms with Gasteiger partial charge in [0.05, 0.1) is 5.56 Å². The number of aryl methyl sites for hydroxylation is 1. The van der Waals surface area contributed by atoms with Gasteiger partial charge in [-0.15, -0.1) is 10.2 Å². The maximum absolute atomic E-state index is 12.6. The van der Waals surface area contributed by atoms with Crippen LogP contribution in [0.25, 0.3) is 5.65 Å². The number of fused-ring (bicyclic) bond motifs is 1. The second kappa shape index (κ2) is 4.87. The number of nitrogens with zero attached hydrogens (tertiary/aromatic N) is 3. The number of rotatable bonds is 4. The molecule has 0 saturated heterocycles. The molecule has 0 aliphatic heterocycles. The van der Waals surface area contributed by atoms with Gasteiger partial charge in [-0.2, -0.15) is 13.2 Å². The predicted octanol–water partition coefficient (Wildman–Crippen LogP) is 2.16. The summed E-state index contributed by atoms with van der Waals surface area (Å²) in [5.41, 5.74) is -0.488. The Morgan fingerprint density at radius 2 is 2.05 bits per heavy atom. The molecule has 0 aliphatic rings. The van der Waals surface area contributed by atoms with E-state index in [-0.39, 0.29) is 12.8 Å². The molecule has 0 bridgehead atoms. The highest BCUT2D eigenvalue weighted by Crippen LogP contribution is 2.29. The number of hydrogen-bond acceptors (Lipinski definition) is 3. The van der Waals surface area contributed by atoms with Gasteiger partial charge >= 0.3 is 12.1 Å². The summed E-state index contributed by atoms with van der Waals surface area (Å²) >= 11 is 0. The molecule has 0 radical (unpaired) electrons. The van der Waals surface area contributed by atoms with Crippen LogP contribution in [0.1, 0.15) is 24.2 Å². The van der Waals surface area contributed by atoms with Gasteiger partial charge in [0.15, 0.2) is 5.65 Å². The molecule has 8 heteroatoms. The van der Waals surface area contributed by atoms with Gasteiger partial charge in [0, 0.05) is 19.0 Å². The topological polar surface area (TPSA) is 67.5 Å². The number of pyridine rings is 1. The number of alkyl halides is 3. The normalized spacial score (nSPS) is 11.9. The molecule has 102 valence electrons. The number of halogens is 3. The number of carbonyl (C=O) groups is 1. The minimum absolute atomic E-state index is 0.0616. The summed E-state index contributed by atoms with van der Waals surface area (Å²) in [6.07, 6.45) is -3.02. The molecule has 0 aromatic carbocycles. The minimum atomic E-state index is -4.43. The van der Waals surface area contributed by atoms with Crippen LogP contribution in [-0.2, 0) is 17.4 Å². The number of carboxylic acid groups (broad SMARTS) is 1. The number of hydrogen-bond donors (Lipinski definition) is 1. The fraction of sp³-hybridized carbons (Fsp3) is 0.364. The first-order valence-corrected chi connectivity index (χ1v) is 5.50. The van der Waals surface area contributed by atoms with E-state index in [2.05, 4.69) is 10.2 Å². The highest BCUT2D eigenvalue weighted by molar-refractivity contribution is 5.66. The average molecular weight is 273 g/mol. The van der Waals surface area contributed by atoms with Gasteiger partial charge in [-0.05, 0) is 18.6 Å². The first kappa shape index (κ1) is 13.3. The fourth-order valence-corrected chi connectivity index (χ4v) is 1.67. The summed E-state index contributed by atoms with van der Waals surface area (Å²) in [7, 11) is 0. The molecule has 1 N–H and O–H groups in total. The molecule has 2 aromatic rings. The first-order chi connectivity index (χ1) is 8.88. The monoisotopic (exact) mass is 273 g/mol. The quantitative estimate of drug-likeness (QED) is 0.926. The molecule has 5 nitrogen and oxygen atoms in total. The van der Waals surface area contributed by atoms with Crippen molar-refractivity contribution in [1.29, 1.82) is 0 Å². The van der Waals surface area contributed by atoms with Gasteiger partial charge in [0.1, 0.15) is 5.82 Å². The van der Waals surface area contributed by atoms with Crippen molar-refractivity contribution in [3.05, 3.63) is 29.7 Å². The third-order valence-corrected chi connectivity index (χ3v) is 2.59. The van der Waals surface area contributed by atoms with Crippen LogP contribution in [0.2, 0.25) is 0 Å². The summed E-state index contributed by atoms with van der Waals surface area (Å²) in [4.78, 5) is 10.4. The second-order valence-electron chi connectivity index (χ2n) is 4.01. The van der Waals surface area contributed by atoms with Crippen molar-refractivity contribution < 1.29 is 23.1 Å². The molecular weight excluding hydrogens is 263 g/mol. The van der Waals surface area contributed by atoms with Gasteiger partial charge in [-0.3, -0.25) is 9.20 Å². The van der Waals surface area contributed by atoms with Gasteiger partial charge in [-0.25, -0.2) is 0 Å². The minimum Gasteiger partial charge on any atom is -0.481 e. The largest absolute Gasteiger partial charge is 0.481 e. The van der Waals surface area contributed by atoms with Crippen LogP contribution in [-0.4, -0.2) is 25.7 Å². The molecule has 0 unspecified atom stereocenters. The van der Waals surface area contributed by atoms with Gasteiger partial charge in [-0.1, -0.05) is 0 Å². The summed E-state index contributed by atoms with van der Waals surface area (Å²) in [5.74, 6) is -0.632. The molecule has 2 aromatic heterocycles. The lowest BCUT2D eigenvalue weighted by atomic mass is 10.2. The third-order valence-electron chi connectivity index (χ3n) is 2.59. The highest BCUT2D eigenvalue weighted by Gasteiger charge is 2.31. The third kappa shape index (κ3) is 3.01. The van der Waals surface area contributed by atoms with E-state index in [4.69, 9.17) is 5.11 Å². The molecule has 0 amide bonds. The zero-order valence-electron chi connectivity index (χ0n) is 9.68. The van der Waals surface area contributed by atoms with Crippen LogP contribution in [0.5, 0.6) is 0 Å². The Morgan fingerprint density at radius 3 is 2.68 bits per heavy atom. The van der Waals surface area contributed by atoms with Crippen molar-refractivity contribution in [2.75, 3.05) is 0 Å². The molecular formula is C11H10F3N3O2. The van der Waals surface area contributed by atoms with E-state index >= 15 is 0 Å².